The molecule has 0 aliphatic heterocycles. The Labute approximate surface area is 148 Å². The summed E-state index contributed by atoms with van der Waals surface area (Å²) in [4.78, 5) is 0. The molecule has 5 nitrogen and oxygen atoms in total. The predicted octanol–water partition coefficient (Wildman–Crippen LogP) is 4.54. The average molecular weight is 347 g/mol. The van der Waals surface area contributed by atoms with Crippen LogP contribution in [0.25, 0.3) is 0 Å². The van der Waals surface area contributed by atoms with Gasteiger partial charge in [0, 0.05) is 5.56 Å². The molecule has 0 amide bonds. The first-order valence-corrected chi connectivity index (χ1v) is 9.71. The van der Waals surface area contributed by atoms with Gasteiger partial charge in [0.05, 0.1) is 12.8 Å². The second-order valence-electron chi connectivity index (χ2n) is 5.59. The summed E-state index contributed by atoms with van der Waals surface area (Å²) in [7, 11) is 0. The highest BCUT2D eigenvalue weighted by molar-refractivity contribution is 7.98. The van der Waals surface area contributed by atoms with E-state index in [0.717, 1.165) is 35.3 Å². The predicted molar refractivity (Wildman–Crippen MR) is 100 cm³/mol. The summed E-state index contributed by atoms with van der Waals surface area (Å²) >= 11 is 1.52. The molecule has 1 aromatic carbocycles. The lowest BCUT2D eigenvalue weighted by Gasteiger charge is -2.09. The van der Waals surface area contributed by atoms with Gasteiger partial charge in [0.1, 0.15) is 5.75 Å². The minimum atomic E-state index is 0.746. The fourth-order valence-corrected chi connectivity index (χ4v) is 2.80. The fourth-order valence-electron chi connectivity index (χ4n) is 2.32. The lowest BCUT2D eigenvalue weighted by molar-refractivity contribution is 0.304. The van der Waals surface area contributed by atoms with Crippen molar-refractivity contribution in [1.29, 1.82) is 0 Å². The molecule has 0 bridgehead atoms. The monoisotopic (exact) mass is 346 g/mol. The molecule has 6 heteroatoms. The quantitative estimate of drug-likeness (QED) is 0.360. The molecule has 0 N–H and O–H groups in total. The molecule has 0 radical (unpaired) electrons. The minimum Gasteiger partial charge on any atom is -0.493 e. The number of benzene rings is 1. The first-order valence-electron chi connectivity index (χ1n) is 8.48. The van der Waals surface area contributed by atoms with Crippen LogP contribution in [0.4, 0.5) is 0 Å². The smallest absolute Gasteiger partial charge is 0.211 e. The Morgan fingerprint density at radius 3 is 2.75 bits per heavy atom. The van der Waals surface area contributed by atoms with Gasteiger partial charge in [-0.1, -0.05) is 56.5 Å². The van der Waals surface area contributed by atoms with Gasteiger partial charge in [-0.3, -0.25) is 0 Å². The van der Waals surface area contributed by atoms with Crippen LogP contribution >= 0.6 is 11.8 Å². The van der Waals surface area contributed by atoms with Crippen molar-refractivity contribution >= 4 is 18.0 Å². The molecule has 0 spiro atoms. The van der Waals surface area contributed by atoms with E-state index < -0.39 is 0 Å². The summed E-state index contributed by atoms with van der Waals surface area (Å²) in [6.45, 7) is 4.87. The summed E-state index contributed by atoms with van der Waals surface area (Å²) in [5.41, 5.74) is 0.964. The van der Waals surface area contributed by atoms with Gasteiger partial charge >= 0.3 is 0 Å². The van der Waals surface area contributed by atoms with Crippen molar-refractivity contribution in [3.63, 3.8) is 0 Å². The molecule has 0 unspecified atom stereocenters. The van der Waals surface area contributed by atoms with Gasteiger partial charge in [0.25, 0.3) is 0 Å². The summed E-state index contributed by atoms with van der Waals surface area (Å²) < 4.78 is 7.68. The highest BCUT2D eigenvalue weighted by Crippen LogP contribution is 2.18. The van der Waals surface area contributed by atoms with Crippen LogP contribution in [0.2, 0.25) is 0 Å². The molecule has 0 saturated heterocycles. The molecular weight excluding hydrogens is 320 g/mol. The maximum Gasteiger partial charge on any atom is 0.211 e. The van der Waals surface area contributed by atoms with E-state index in [1.807, 2.05) is 43.7 Å². The molecule has 0 saturated carbocycles. The molecule has 0 aliphatic carbocycles. The lowest BCUT2D eigenvalue weighted by Crippen LogP contribution is -2.01. The Morgan fingerprint density at radius 1 is 1.17 bits per heavy atom. The van der Waals surface area contributed by atoms with E-state index in [9.17, 15) is 0 Å². The molecule has 0 fully saturated rings. The number of hydrogen-bond acceptors (Lipinski definition) is 5. The van der Waals surface area contributed by atoms with Crippen molar-refractivity contribution in [2.24, 2.45) is 5.10 Å². The van der Waals surface area contributed by atoms with E-state index in [1.165, 1.54) is 37.4 Å². The number of nitrogens with zero attached hydrogens (tertiary/aromatic N) is 4. The highest BCUT2D eigenvalue weighted by atomic mass is 32.2. The van der Waals surface area contributed by atoms with E-state index in [4.69, 9.17) is 4.74 Å². The second-order valence-corrected chi connectivity index (χ2v) is 6.36. The van der Waals surface area contributed by atoms with Gasteiger partial charge in [-0.25, -0.2) is 0 Å². The SMILES string of the molecule is CCCCCCCOc1ccccc1/C=N\n1c(C)nnc1SC. The van der Waals surface area contributed by atoms with Crippen molar-refractivity contribution in [3.05, 3.63) is 35.7 Å². The van der Waals surface area contributed by atoms with Gasteiger partial charge in [0.2, 0.25) is 5.16 Å². The third-order valence-corrected chi connectivity index (χ3v) is 4.31. The number of thioether (sulfide) groups is 1. The largest absolute Gasteiger partial charge is 0.493 e. The number of aromatic nitrogens is 3. The number of rotatable bonds is 10. The van der Waals surface area contributed by atoms with E-state index in [-0.39, 0.29) is 0 Å². The lowest BCUT2D eigenvalue weighted by atomic mass is 10.2. The molecule has 0 atom stereocenters. The number of para-hydroxylation sites is 1. The van der Waals surface area contributed by atoms with Gasteiger partial charge in [-0.2, -0.15) is 9.78 Å². The molecule has 0 aliphatic rings. The zero-order chi connectivity index (χ0) is 17.2. The van der Waals surface area contributed by atoms with Crippen LogP contribution in [0.3, 0.4) is 0 Å². The van der Waals surface area contributed by atoms with Crippen molar-refractivity contribution in [3.8, 4) is 5.75 Å². The van der Waals surface area contributed by atoms with E-state index >= 15 is 0 Å². The topological polar surface area (TPSA) is 52.3 Å². The summed E-state index contributed by atoms with van der Waals surface area (Å²) in [5, 5.41) is 13.4. The van der Waals surface area contributed by atoms with Crippen LogP contribution in [0, 0.1) is 6.92 Å². The fraction of sp³-hybridized carbons (Fsp3) is 0.500. The Balaban J connectivity index is 1.98. The minimum absolute atomic E-state index is 0.746. The first-order chi connectivity index (χ1) is 11.8. The maximum absolute atomic E-state index is 5.94. The van der Waals surface area contributed by atoms with Crippen molar-refractivity contribution in [2.45, 2.75) is 51.1 Å². The van der Waals surface area contributed by atoms with E-state index in [0.29, 0.717) is 0 Å². The van der Waals surface area contributed by atoms with Crippen molar-refractivity contribution in [2.75, 3.05) is 12.9 Å². The van der Waals surface area contributed by atoms with Gasteiger partial charge in [-0.15, -0.1) is 10.2 Å². The number of unbranched alkanes of at least 4 members (excludes halogenated alkanes) is 4. The third-order valence-electron chi connectivity index (χ3n) is 3.69. The van der Waals surface area contributed by atoms with Gasteiger partial charge < -0.3 is 4.74 Å². The van der Waals surface area contributed by atoms with Crippen LogP contribution in [-0.4, -0.2) is 34.0 Å². The first kappa shape index (κ1) is 18.5. The molecule has 130 valence electrons. The zero-order valence-corrected chi connectivity index (χ0v) is 15.6. The molecule has 2 rings (SSSR count). The number of aryl methyl sites for hydroxylation is 1. The van der Waals surface area contributed by atoms with Crippen LogP contribution in [-0.2, 0) is 0 Å². The van der Waals surface area contributed by atoms with Gasteiger partial charge in [0.15, 0.2) is 5.82 Å². The highest BCUT2D eigenvalue weighted by Gasteiger charge is 2.06. The molecular formula is C18H26N4OS. The summed E-state index contributed by atoms with van der Waals surface area (Å²) in [6, 6.07) is 7.97. The Morgan fingerprint density at radius 2 is 1.96 bits per heavy atom. The van der Waals surface area contributed by atoms with Crippen LogP contribution in [0.15, 0.2) is 34.5 Å². The van der Waals surface area contributed by atoms with Crippen LogP contribution < -0.4 is 4.74 Å². The second kappa shape index (κ2) is 10.1. The van der Waals surface area contributed by atoms with Crippen LogP contribution in [0.1, 0.15) is 50.4 Å². The molecule has 1 heterocycles. The average Bonchev–Trinajstić information content (AvgIpc) is 2.97. The number of ether oxygens (including phenoxy) is 1. The van der Waals surface area contributed by atoms with E-state index in [2.05, 4.69) is 22.2 Å². The zero-order valence-electron chi connectivity index (χ0n) is 14.7. The normalized spacial score (nSPS) is 11.3. The number of hydrogen-bond donors (Lipinski definition) is 0. The van der Waals surface area contributed by atoms with Crippen molar-refractivity contribution < 1.29 is 4.74 Å². The standard InChI is InChI=1S/C18H26N4OS/c1-4-5-6-7-10-13-23-17-12-9-8-11-16(17)14-19-22-15(2)20-21-18(22)24-3/h8-9,11-12,14H,4-7,10,13H2,1-3H3/b19-14-. The third kappa shape index (κ3) is 5.37. The Bertz CT molecular complexity index is 654. The summed E-state index contributed by atoms with van der Waals surface area (Å²) in [6.07, 6.45) is 9.94. The molecule has 24 heavy (non-hydrogen) atoms. The molecule has 2 aromatic rings. The Kier molecular flexibility index (Phi) is 7.82. The van der Waals surface area contributed by atoms with Crippen molar-refractivity contribution in [1.82, 2.24) is 14.9 Å². The maximum atomic E-state index is 5.94. The van der Waals surface area contributed by atoms with E-state index in [1.54, 1.807) is 4.68 Å². The molecule has 1 aromatic heterocycles. The Hall–Kier alpha value is -1.82. The summed E-state index contributed by atoms with van der Waals surface area (Å²) in [5.74, 6) is 1.64. The van der Waals surface area contributed by atoms with Crippen LogP contribution in [0.5, 0.6) is 5.75 Å². The van der Waals surface area contributed by atoms with Gasteiger partial charge in [-0.05, 0) is 31.7 Å².